The lowest BCUT2D eigenvalue weighted by molar-refractivity contribution is 0.108. The molecule has 102 valence electrons. The molecular weight excluding hydrogens is 262 g/mol. The van der Waals surface area contributed by atoms with Crippen LogP contribution in [-0.4, -0.2) is 27.2 Å². The van der Waals surface area contributed by atoms with Crippen LogP contribution in [0, 0.1) is 6.92 Å². The smallest absolute Gasteiger partial charge is 0.160 e. The molecule has 1 saturated heterocycles. The molecule has 0 amide bonds. The second kappa shape index (κ2) is 4.76. The number of hydrogen-bond acceptors (Lipinski definition) is 3. The van der Waals surface area contributed by atoms with E-state index < -0.39 is 0 Å². The van der Waals surface area contributed by atoms with Crippen molar-refractivity contribution in [3.05, 3.63) is 23.7 Å². The molecule has 2 aromatic heterocycles. The molecule has 1 aliphatic heterocycles. The van der Waals surface area contributed by atoms with E-state index in [4.69, 9.17) is 16.3 Å². The molecule has 3 atom stereocenters. The highest BCUT2D eigenvalue weighted by Gasteiger charge is 2.30. The number of nitrogens with zero attached hydrogens (tertiary/aromatic N) is 3. The van der Waals surface area contributed by atoms with Crippen LogP contribution in [0.5, 0.6) is 0 Å². The normalized spacial score (nSPS) is 25.1. The molecule has 2 aromatic rings. The van der Waals surface area contributed by atoms with E-state index in [0.29, 0.717) is 0 Å². The summed E-state index contributed by atoms with van der Waals surface area (Å²) in [6.07, 6.45) is 3.04. The van der Waals surface area contributed by atoms with Gasteiger partial charge in [-0.05, 0) is 38.8 Å². The first-order chi connectivity index (χ1) is 9.08. The van der Waals surface area contributed by atoms with E-state index in [-0.39, 0.29) is 17.5 Å². The Balaban J connectivity index is 2.22. The molecule has 3 rings (SSSR count). The number of aryl methyl sites for hydroxylation is 1. The average molecular weight is 280 g/mol. The number of imidazole rings is 1. The first kappa shape index (κ1) is 12.9. The lowest BCUT2D eigenvalue weighted by Crippen LogP contribution is -2.19. The van der Waals surface area contributed by atoms with Crippen LogP contribution in [0.15, 0.2) is 12.3 Å². The molecule has 3 unspecified atom stereocenters. The van der Waals surface area contributed by atoms with Gasteiger partial charge in [-0.3, -0.25) is 0 Å². The Morgan fingerprint density at radius 1 is 1.53 bits per heavy atom. The third-order valence-electron chi connectivity index (χ3n) is 3.72. The summed E-state index contributed by atoms with van der Waals surface area (Å²) in [6, 6.07) is 2.33. The van der Waals surface area contributed by atoms with Gasteiger partial charge in [0.05, 0.1) is 17.5 Å². The van der Waals surface area contributed by atoms with Crippen LogP contribution in [0.3, 0.4) is 0 Å². The van der Waals surface area contributed by atoms with Gasteiger partial charge in [-0.15, -0.1) is 11.6 Å². The molecule has 0 saturated carbocycles. The van der Waals surface area contributed by atoms with Crippen LogP contribution in [0.2, 0.25) is 0 Å². The monoisotopic (exact) mass is 279 g/mol. The summed E-state index contributed by atoms with van der Waals surface area (Å²) in [5.41, 5.74) is 2.94. The Kier molecular flexibility index (Phi) is 3.23. The van der Waals surface area contributed by atoms with E-state index in [1.807, 2.05) is 20.0 Å². The van der Waals surface area contributed by atoms with Crippen LogP contribution in [-0.2, 0) is 4.74 Å². The van der Waals surface area contributed by atoms with E-state index in [0.717, 1.165) is 35.6 Å². The van der Waals surface area contributed by atoms with Crippen LogP contribution >= 0.6 is 11.6 Å². The van der Waals surface area contributed by atoms with Crippen LogP contribution < -0.4 is 0 Å². The van der Waals surface area contributed by atoms with Gasteiger partial charge >= 0.3 is 0 Å². The van der Waals surface area contributed by atoms with Crippen molar-refractivity contribution in [1.29, 1.82) is 0 Å². The largest absolute Gasteiger partial charge is 0.376 e. The van der Waals surface area contributed by atoms with Crippen molar-refractivity contribution in [2.45, 2.75) is 44.7 Å². The molecule has 19 heavy (non-hydrogen) atoms. The second-order valence-electron chi connectivity index (χ2n) is 5.24. The maximum atomic E-state index is 6.29. The quantitative estimate of drug-likeness (QED) is 0.791. The number of fused-ring (bicyclic) bond motifs is 1. The number of pyridine rings is 1. The Morgan fingerprint density at radius 2 is 2.32 bits per heavy atom. The van der Waals surface area contributed by atoms with Crippen molar-refractivity contribution >= 4 is 22.8 Å². The molecule has 1 fully saturated rings. The molecule has 0 spiro atoms. The molecule has 1 aliphatic rings. The number of ether oxygens (including phenoxy) is 1. The highest BCUT2D eigenvalue weighted by molar-refractivity contribution is 6.20. The average Bonchev–Trinajstić information content (AvgIpc) is 2.91. The summed E-state index contributed by atoms with van der Waals surface area (Å²) in [5.74, 6) is 0.886. The maximum Gasteiger partial charge on any atom is 0.160 e. The number of aromatic nitrogens is 3. The predicted octanol–water partition coefficient (Wildman–Crippen LogP) is 3.39. The van der Waals surface area contributed by atoms with Gasteiger partial charge in [0.2, 0.25) is 0 Å². The minimum atomic E-state index is -0.137. The second-order valence-corrected chi connectivity index (χ2v) is 5.90. The number of hydrogen-bond donors (Lipinski definition) is 0. The van der Waals surface area contributed by atoms with Gasteiger partial charge < -0.3 is 9.30 Å². The third kappa shape index (κ3) is 2.13. The van der Waals surface area contributed by atoms with Gasteiger partial charge in [0.25, 0.3) is 0 Å². The fourth-order valence-corrected chi connectivity index (χ4v) is 2.92. The maximum absolute atomic E-state index is 6.29. The van der Waals surface area contributed by atoms with Crippen molar-refractivity contribution in [3.63, 3.8) is 0 Å². The topological polar surface area (TPSA) is 39.9 Å². The highest BCUT2D eigenvalue weighted by Crippen LogP contribution is 2.33. The Hall–Kier alpha value is -1.13. The number of halogens is 1. The zero-order valence-electron chi connectivity index (χ0n) is 11.4. The number of rotatable bonds is 2. The minimum absolute atomic E-state index is 0.137. The van der Waals surface area contributed by atoms with Crippen LogP contribution in [0.4, 0.5) is 0 Å². The zero-order valence-corrected chi connectivity index (χ0v) is 12.2. The lowest BCUT2D eigenvalue weighted by Gasteiger charge is -2.19. The van der Waals surface area contributed by atoms with E-state index in [1.54, 1.807) is 0 Å². The van der Waals surface area contributed by atoms with Gasteiger partial charge in [0, 0.05) is 12.8 Å². The summed E-state index contributed by atoms with van der Waals surface area (Å²) < 4.78 is 7.85. The molecule has 4 nitrogen and oxygen atoms in total. The fourth-order valence-electron chi connectivity index (χ4n) is 2.77. The first-order valence-electron chi connectivity index (χ1n) is 6.68. The molecule has 0 aromatic carbocycles. The van der Waals surface area contributed by atoms with Crippen molar-refractivity contribution in [3.8, 4) is 0 Å². The van der Waals surface area contributed by atoms with E-state index >= 15 is 0 Å². The van der Waals surface area contributed by atoms with Gasteiger partial charge in [-0.25, -0.2) is 9.97 Å². The molecule has 0 N–H and O–H groups in total. The van der Waals surface area contributed by atoms with E-state index in [9.17, 15) is 0 Å². The number of alkyl halides is 1. The third-order valence-corrected chi connectivity index (χ3v) is 3.91. The summed E-state index contributed by atoms with van der Waals surface area (Å²) in [7, 11) is 0. The van der Waals surface area contributed by atoms with Crippen LogP contribution in [0.1, 0.15) is 43.1 Å². The van der Waals surface area contributed by atoms with Gasteiger partial charge in [0.1, 0.15) is 11.3 Å². The molecule has 0 radical (unpaired) electrons. The Morgan fingerprint density at radius 3 is 2.95 bits per heavy atom. The molecular formula is C14H18ClN3O. The van der Waals surface area contributed by atoms with E-state index in [1.165, 1.54) is 0 Å². The summed E-state index contributed by atoms with van der Waals surface area (Å²) >= 11 is 6.29. The van der Waals surface area contributed by atoms with Gasteiger partial charge in [-0.2, -0.15) is 0 Å². The van der Waals surface area contributed by atoms with Crippen molar-refractivity contribution in [2.24, 2.45) is 0 Å². The predicted molar refractivity (Wildman–Crippen MR) is 75.6 cm³/mol. The fraction of sp³-hybridized carbons (Fsp3) is 0.571. The Labute approximate surface area is 117 Å². The first-order valence-corrected chi connectivity index (χ1v) is 7.11. The molecule has 0 bridgehead atoms. The summed E-state index contributed by atoms with van der Waals surface area (Å²) in [4.78, 5) is 9.21. The van der Waals surface area contributed by atoms with Crippen molar-refractivity contribution in [1.82, 2.24) is 14.5 Å². The standard InChI is InChI=1S/C14H18ClN3O/c1-8-6-11-14(16-7-8)18(13(17-11)9(2)15)12-4-5-19-10(12)3/h6-7,9-10,12H,4-5H2,1-3H3. The van der Waals surface area contributed by atoms with Gasteiger partial charge in [-0.1, -0.05) is 0 Å². The van der Waals surface area contributed by atoms with Crippen molar-refractivity contribution in [2.75, 3.05) is 6.61 Å². The van der Waals surface area contributed by atoms with Gasteiger partial charge in [0.15, 0.2) is 5.65 Å². The molecule has 3 heterocycles. The van der Waals surface area contributed by atoms with Crippen molar-refractivity contribution < 1.29 is 4.74 Å². The lowest BCUT2D eigenvalue weighted by atomic mass is 10.1. The molecule has 5 heteroatoms. The Bertz CT molecular complexity index is 608. The SMILES string of the molecule is Cc1cnc2c(c1)nc(C(C)Cl)n2C1CCOC1C. The van der Waals surface area contributed by atoms with Crippen LogP contribution in [0.25, 0.3) is 11.2 Å². The summed E-state index contributed by atoms with van der Waals surface area (Å²) in [6.45, 7) is 6.86. The highest BCUT2D eigenvalue weighted by atomic mass is 35.5. The zero-order chi connectivity index (χ0) is 13.6. The molecule has 0 aliphatic carbocycles. The minimum Gasteiger partial charge on any atom is -0.376 e. The summed E-state index contributed by atoms with van der Waals surface area (Å²) in [5, 5.41) is -0.137. The van der Waals surface area contributed by atoms with E-state index in [2.05, 4.69) is 27.5 Å².